The Morgan fingerprint density at radius 1 is 1.10 bits per heavy atom. The number of hydrogen-bond acceptors (Lipinski definition) is 2. The Kier molecular flexibility index (Phi) is 7.09. The largest absolute Gasteiger partial charge is 0.354 e. The molecule has 1 aromatic rings. The Balaban J connectivity index is 2.14. The second kappa shape index (κ2) is 8.59. The molecule has 1 rings (SSSR count). The van der Waals surface area contributed by atoms with Gasteiger partial charge in [0.2, 0.25) is 11.8 Å². The molecular weight excluding hydrogens is 276 g/mol. The summed E-state index contributed by atoms with van der Waals surface area (Å²) in [6, 6.07) is 7.46. The zero-order valence-electron chi connectivity index (χ0n) is 11.9. The minimum Gasteiger partial charge on any atom is -0.354 e. The van der Waals surface area contributed by atoms with Gasteiger partial charge in [-0.1, -0.05) is 37.6 Å². The average Bonchev–Trinajstić information content (AvgIpc) is 2.42. The molecule has 0 bridgehead atoms. The van der Waals surface area contributed by atoms with Gasteiger partial charge in [-0.3, -0.25) is 9.59 Å². The van der Waals surface area contributed by atoms with E-state index in [1.54, 1.807) is 0 Å². The summed E-state index contributed by atoms with van der Waals surface area (Å²) in [6.45, 7) is 4.58. The number of carbonyl (C=O) groups excluding carboxylic acids is 2. The molecule has 5 heteroatoms. The first-order valence-electron chi connectivity index (χ1n) is 6.78. The van der Waals surface area contributed by atoms with Crippen molar-refractivity contribution in [3.8, 4) is 0 Å². The highest BCUT2D eigenvalue weighted by atomic mass is 35.5. The Morgan fingerprint density at radius 3 is 2.30 bits per heavy atom. The smallest absolute Gasteiger partial charge is 0.222 e. The molecule has 0 saturated carbocycles. The topological polar surface area (TPSA) is 58.2 Å². The zero-order valence-corrected chi connectivity index (χ0v) is 12.7. The van der Waals surface area contributed by atoms with E-state index in [9.17, 15) is 9.59 Å². The van der Waals surface area contributed by atoms with Gasteiger partial charge < -0.3 is 10.6 Å². The second-order valence-corrected chi connectivity index (χ2v) is 5.36. The van der Waals surface area contributed by atoms with E-state index in [-0.39, 0.29) is 17.7 Å². The fourth-order valence-electron chi connectivity index (χ4n) is 1.59. The van der Waals surface area contributed by atoms with Crippen LogP contribution in [0.1, 0.15) is 25.8 Å². The molecule has 0 aliphatic heterocycles. The van der Waals surface area contributed by atoms with E-state index in [2.05, 4.69) is 10.6 Å². The lowest BCUT2D eigenvalue weighted by Crippen LogP contribution is -2.36. The van der Waals surface area contributed by atoms with Gasteiger partial charge in [0, 0.05) is 30.5 Å². The van der Waals surface area contributed by atoms with Crippen LogP contribution in [0.2, 0.25) is 5.02 Å². The van der Waals surface area contributed by atoms with Crippen LogP contribution >= 0.6 is 11.6 Å². The van der Waals surface area contributed by atoms with Crippen LogP contribution < -0.4 is 10.6 Å². The maximum Gasteiger partial charge on any atom is 0.222 e. The van der Waals surface area contributed by atoms with Crippen molar-refractivity contribution in [1.82, 2.24) is 10.6 Å². The molecule has 0 atom stereocenters. The van der Waals surface area contributed by atoms with E-state index in [1.807, 2.05) is 38.1 Å². The molecule has 2 N–H and O–H groups in total. The monoisotopic (exact) mass is 296 g/mol. The highest BCUT2D eigenvalue weighted by Crippen LogP contribution is 2.10. The van der Waals surface area contributed by atoms with Gasteiger partial charge in [0.25, 0.3) is 0 Å². The number of hydrogen-bond donors (Lipinski definition) is 2. The molecule has 0 unspecified atom stereocenters. The lowest BCUT2D eigenvalue weighted by molar-refractivity contribution is -0.124. The van der Waals surface area contributed by atoms with Gasteiger partial charge in [0.1, 0.15) is 0 Å². The molecular formula is C15H21ClN2O2. The maximum atomic E-state index is 11.6. The number of amides is 2. The summed E-state index contributed by atoms with van der Waals surface area (Å²) in [6.07, 6.45) is 1.11. The number of carbonyl (C=O) groups is 2. The third-order valence-electron chi connectivity index (χ3n) is 2.82. The Bertz CT molecular complexity index is 444. The van der Waals surface area contributed by atoms with Gasteiger partial charge in [-0.2, -0.15) is 0 Å². The Labute approximate surface area is 124 Å². The van der Waals surface area contributed by atoms with E-state index in [0.717, 1.165) is 5.56 Å². The van der Waals surface area contributed by atoms with Gasteiger partial charge >= 0.3 is 0 Å². The maximum absolute atomic E-state index is 11.6. The second-order valence-electron chi connectivity index (χ2n) is 4.92. The van der Waals surface area contributed by atoms with Gasteiger partial charge in [-0.25, -0.2) is 0 Å². The lowest BCUT2D eigenvalue weighted by atomic mass is 10.1. The fourth-order valence-corrected chi connectivity index (χ4v) is 1.72. The zero-order chi connectivity index (χ0) is 15.0. The summed E-state index contributed by atoms with van der Waals surface area (Å²) in [5.41, 5.74) is 1.08. The van der Waals surface area contributed by atoms with Gasteiger partial charge in [0.15, 0.2) is 0 Å². The van der Waals surface area contributed by atoms with E-state index >= 15 is 0 Å². The number of halogens is 1. The van der Waals surface area contributed by atoms with Crippen molar-refractivity contribution in [2.45, 2.75) is 26.7 Å². The summed E-state index contributed by atoms with van der Waals surface area (Å²) < 4.78 is 0. The van der Waals surface area contributed by atoms with Crippen molar-refractivity contribution < 1.29 is 9.59 Å². The molecule has 0 aliphatic carbocycles. The highest BCUT2D eigenvalue weighted by molar-refractivity contribution is 6.30. The average molecular weight is 297 g/mol. The first-order chi connectivity index (χ1) is 9.49. The lowest BCUT2D eigenvalue weighted by Gasteiger charge is -2.08. The highest BCUT2D eigenvalue weighted by Gasteiger charge is 2.06. The Morgan fingerprint density at radius 2 is 1.70 bits per heavy atom. The van der Waals surface area contributed by atoms with Gasteiger partial charge in [-0.15, -0.1) is 0 Å². The first kappa shape index (κ1) is 16.5. The van der Waals surface area contributed by atoms with Crippen LogP contribution in [0.15, 0.2) is 24.3 Å². The minimum atomic E-state index is -0.0318. The number of nitrogens with one attached hydrogen (secondary N) is 2. The van der Waals surface area contributed by atoms with Gasteiger partial charge in [0.05, 0.1) is 0 Å². The van der Waals surface area contributed by atoms with E-state index in [1.165, 1.54) is 0 Å². The first-order valence-corrected chi connectivity index (χ1v) is 7.15. The molecule has 0 saturated heterocycles. The predicted octanol–water partition coefficient (Wildman–Crippen LogP) is 2.16. The third-order valence-corrected chi connectivity index (χ3v) is 3.08. The molecule has 2 amide bonds. The van der Waals surface area contributed by atoms with Crippen molar-refractivity contribution in [1.29, 1.82) is 0 Å². The van der Waals surface area contributed by atoms with Crippen molar-refractivity contribution in [3.05, 3.63) is 34.9 Å². The van der Waals surface area contributed by atoms with Crippen LogP contribution in [-0.2, 0) is 16.0 Å². The van der Waals surface area contributed by atoms with Crippen molar-refractivity contribution in [2.24, 2.45) is 5.92 Å². The summed E-state index contributed by atoms with van der Waals surface area (Å²) in [5, 5.41) is 6.22. The van der Waals surface area contributed by atoms with Crippen molar-refractivity contribution in [2.75, 3.05) is 13.1 Å². The van der Waals surface area contributed by atoms with Gasteiger partial charge in [-0.05, 0) is 24.1 Å². The molecule has 0 heterocycles. The van der Waals surface area contributed by atoms with Crippen LogP contribution in [0.25, 0.3) is 0 Å². The molecule has 0 aliphatic rings. The summed E-state index contributed by atoms with van der Waals surface area (Å²) >= 11 is 5.79. The quantitative estimate of drug-likeness (QED) is 0.758. The minimum absolute atomic E-state index is 0.000383. The fraction of sp³-hybridized carbons (Fsp3) is 0.467. The van der Waals surface area contributed by atoms with Crippen LogP contribution in [0.3, 0.4) is 0 Å². The molecule has 20 heavy (non-hydrogen) atoms. The van der Waals surface area contributed by atoms with Crippen molar-refractivity contribution in [3.63, 3.8) is 0 Å². The predicted molar refractivity (Wildman–Crippen MR) is 80.6 cm³/mol. The molecule has 1 aromatic carbocycles. The number of aryl methyl sites for hydroxylation is 1. The van der Waals surface area contributed by atoms with Crippen LogP contribution in [0.5, 0.6) is 0 Å². The number of benzene rings is 1. The standard InChI is InChI=1S/C15H21ClN2O2/c1-11(2)15(20)18-10-9-17-14(19)8-5-12-3-6-13(16)7-4-12/h3-4,6-7,11H,5,8-10H2,1-2H3,(H,17,19)(H,18,20). The normalized spacial score (nSPS) is 10.4. The van der Waals surface area contributed by atoms with Crippen LogP contribution in [0.4, 0.5) is 0 Å². The molecule has 0 spiro atoms. The van der Waals surface area contributed by atoms with E-state index < -0.39 is 0 Å². The van der Waals surface area contributed by atoms with Crippen LogP contribution in [-0.4, -0.2) is 24.9 Å². The molecule has 110 valence electrons. The summed E-state index contributed by atoms with van der Waals surface area (Å²) in [7, 11) is 0. The molecule has 0 aromatic heterocycles. The summed E-state index contributed by atoms with van der Waals surface area (Å²) in [4.78, 5) is 22.9. The SMILES string of the molecule is CC(C)C(=O)NCCNC(=O)CCc1ccc(Cl)cc1. The molecule has 4 nitrogen and oxygen atoms in total. The third kappa shape index (κ3) is 6.57. The van der Waals surface area contributed by atoms with Crippen LogP contribution in [0, 0.1) is 5.92 Å². The van der Waals surface area contributed by atoms with Crippen molar-refractivity contribution >= 4 is 23.4 Å². The summed E-state index contributed by atoms with van der Waals surface area (Å²) in [5.74, 6) is -0.0465. The van der Waals surface area contributed by atoms with E-state index in [0.29, 0.717) is 31.0 Å². The molecule has 0 radical (unpaired) electrons. The van der Waals surface area contributed by atoms with E-state index in [4.69, 9.17) is 11.6 Å². The molecule has 0 fully saturated rings. The Hall–Kier alpha value is -1.55. The number of rotatable bonds is 7.